The molecule has 0 aliphatic carbocycles. The zero-order chi connectivity index (χ0) is 19.4. The Balaban J connectivity index is 1.96. The normalized spacial score (nSPS) is 22.0. The molecule has 1 unspecified atom stereocenters. The molecular formula is C18H27N3O5S. The summed E-state index contributed by atoms with van der Waals surface area (Å²) in [6, 6.07) is 4.28. The number of aliphatic hydroxyl groups excluding tert-OH is 1. The summed E-state index contributed by atoms with van der Waals surface area (Å²) in [6.45, 7) is 1.62. The maximum absolute atomic E-state index is 12.9. The van der Waals surface area contributed by atoms with Crippen molar-refractivity contribution in [3.05, 3.63) is 28.3 Å². The first-order chi connectivity index (χ1) is 12.9. The third-order valence-corrected chi connectivity index (χ3v) is 7.39. The van der Waals surface area contributed by atoms with Crippen LogP contribution in [0.5, 0.6) is 0 Å². The quantitative estimate of drug-likeness (QED) is 0.584. The van der Waals surface area contributed by atoms with Gasteiger partial charge in [-0.1, -0.05) is 6.42 Å². The molecule has 2 aliphatic heterocycles. The monoisotopic (exact) mass is 397 g/mol. The minimum Gasteiger partial charge on any atom is -0.396 e. The number of sulfonamides is 1. The molecule has 1 atom stereocenters. The summed E-state index contributed by atoms with van der Waals surface area (Å²) >= 11 is 0. The first-order valence-corrected chi connectivity index (χ1v) is 11.1. The number of hydrogen-bond donors (Lipinski definition) is 1. The third-order valence-electron chi connectivity index (χ3n) is 5.50. The van der Waals surface area contributed by atoms with Crippen LogP contribution in [0.25, 0.3) is 0 Å². The van der Waals surface area contributed by atoms with Crippen LogP contribution in [0.3, 0.4) is 0 Å². The maximum atomic E-state index is 12.9. The molecule has 2 heterocycles. The van der Waals surface area contributed by atoms with Gasteiger partial charge >= 0.3 is 0 Å². The van der Waals surface area contributed by atoms with Gasteiger partial charge in [-0.25, -0.2) is 8.42 Å². The second-order valence-electron chi connectivity index (χ2n) is 7.23. The van der Waals surface area contributed by atoms with Crippen molar-refractivity contribution in [1.82, 2.24) is 4.31 Å². The number of benzene rings is 1. The standard InChI is InChI=1S/C18H27N3O5S/c22-13-9-15-6-2-5-12-20(15)17-8-7-16(14-18(17)21(23)24)27(25,26)19-10-3-1-4-11-19/h7-8,14-15,22H,1-6,9-13H2. The number of rotatable bonds is 6. The van der Waals surface area contributed by atoms with Gasteiger partial charge in [0.25, 0.3) is 5.69 Å². The lowest BCUT2D eigenvalue weighted by molar-refractivity contribution is -0.384. The molecule has 2 saturated heterocycles. The first-order valence-electron chi connectivity index (χ1n) is 9.61. The molecule has 1 N–H and O–H groups in total. The van der Waals surface area contributed by atoms with Crippen LogP contribution in [0, 0.1) is 10.1 Å². The summed E-state index contributed by atoms with van der Waals surface area (Å²) in [7, 11) is -3.72. The van der Waals surface area contributed by atoms with Gasteiger partial charge in [0.05, 0.1) is 9.82 Å². The van der Waals surface area contributed by atoms with Gasteiger partial charge in [0.2, 0.25) is 10.0 Å². The van der Waals surface area contributed by atoms with Crippen molar-refractivity contribution in [2.75, 3.05) is 31.1 Å². The summed E-state index contributed by atoms with van der Waals surface area (Å²) in [5, 5.41) is 21.0. The molecule has 0 aromatic heterocycles. The van der Waals surface area contributed by atoms with Crippen LogP contribution < -0.4 is 4.90 Å². The smallest absolute Gasteiger partial charge is 0.293 e. The number of nitrogens with zero attached hydrogens (tertiary/aromatic N) is 3. The summed E-state index contributed by atoms with van der Waals surface area (Å²) in [5.41, 5.74) is 0.258. The van der Waals surface area contributed by atoms with E-state index >= 15 is 0 Å². The fourth-order valence-electron chi connectivity index (χ4n) is 4.07. The largest absolute Gasteiger partial charge is 0.396 e. The van der Waals surface area contributed by atoms with E-state index < -0.39 is 14.9 Å². The summed E-state index contributed by atoms with van der Waals surface area (Å²) < 4.78 is 27.2. The molecule has 1 aromatic rings. The molecule has 0 bridgehead atoms. The molecule has 3 rings (SSSR count). The van der Waals surface area contributed by atoms with Crippen molar-refractivity contribution in [1.29, 1.82) is 0 Å². The van der Waals surface area contributed by atoms with E-state index in [9.17, 15) is 23.6 Å². The lowest BCUT2D eigenvalue weighted by Crippen LogP contribution is -2.40. The van der Waals surface area contributed by atoms with Crippen LogP contribution in [-0.4, -0.2) is 55.0 Å². The highest BCUT2D eigenvalue weighted by Gasteiger charge is 2.32. The molecule has 150 valence electrons. The van der Waals surface area contributed by atoms with Gasteiger partial charge < -0.3 is 10.0 Å². The molecule has 2 aliphatic rings. The Hall–Kier alpha value is -1.71. The number of piperidine rings is 2. The van der Waals surface area contributed by atoms with Crippen molar-refractivity contribution in [2.24, 2.45) is 0 Å². The Morgan fingerprint density at radius 3 is 2.48 bits per heavy atom. The number of nitro groups is 1. The average Bonchev–Trinajstić information content (AvgIpc) is 2.69. The van der Waals surface area contributed by atoms with Gasteiger partial charge in [-0.2, -0.15) is 4.31 Å². The molecule has 0 radical (unpaired) electrons. The molecule has 0 spiro atoms. The lowest BCUT2D eigenvalue weighted by Gasteiger charge is -2.37. The predicted molar refractivity (Wildman–Crippen MR) is 102 cm³/mol. The second kappa shape index (κ2) is 8.53. The van der Waals surface area contributed by atoms with Crippen LogP contribution in [0.4, 0.5) is 11.4 Å². The van der Waals surface area contributed by atoms with Crippen LogP contribution in [0.15, 0.2) is 23.1 Å². The number of anilines is 1. The van der Waals surface area contributed by atoms with Crippen molar-refractivity contribution in [3.8, 4) is 0 Å². The summed E-state index contributed by atoms with van der Waals surface area (Å²) in [5.74, 6) is 0. The molecule has 0 saturated carbocycles. The highest BCUT2D eigenvalue weighted by atomic mass is 32.2. The number of aliphatic hydroxyl groups is 1. The van der Waals surface area contributed by atoms with Gasteiger partial charge in [-0.15, -0.1) is 0 Å². The van der Waals surface area contributed by atoms with E-state index in [0.717, 1.165) is 38.5 Å². The fraction of sp³-hybridized carbons (Fsp3) is 0.667. The maximum Gasteiger partial charge on any atom is 0.293 e. The third kappa shape index (κ3) is 4.25. The molecule has 2 fully saturated rings. The van der Waals surface area contributed by atoms with Crippen molar-refractivity contribution < 1.29 is 18.4 Å². The van der Waals surface area contributed by atoms with Crippen molar-refractivity contribution in [2.45, 2.75) is 55.9 Å². The van der Waals surface area contributed by atoms with E-state index in [4.69, 9.17) is 0 Å². The average molecular weight is 397 g/mol. The Bertz CT molecular complexity index is 775. The highest BCUT2D eigenvalue weighted by molar-refractivity contribution is 7.89. The van der Waals surface area contributed by atoms with Gasteiger partial charge in [0.1, 0.15) is 5.69 Å². The van der Waals surface area contributed by atoms with Gasteiger partial charge in [0.15, 0.2) is 0 Å². The molecule has 8 nitrogen and oxygen atoms in total. The number of hydrogen-bond acceptors (Lipinski definition) is 6. The zero-order valence-electron chi connectivity index (χ0n) is 15.4. The second-order valence-corrected chi connectivity index (χ2v) is 9.17. The van der Waals surface area contributed by atoms with E-state index in [-0.39, 0.29) is 23.2 Å². The van der Waals surface area contributed by atoms with Crippen molar-refractivity contribution in [3.63, 3.8) is 0 Å². The van der Waals surface area contributed by atoms with Crippen LogP contribution in [0.2, 0.25) is 0 Å². The molecule has 0 amide bonds. The van der Waals surface area contributed by atoms with Crippen LogP contribution in [0.1, 0.15) is 44.9 Å². The van der Waals surface area contributed by atoms with E-state index in [2.05, 4.69) is 0 Å². The Morgan fingerprint density at radius 1 is 1.11 bits per heavy atom. The molecule has 27 heavy (non-hydrogen) atoms. The van der Waals surface area contributed by atoms with E-state index in [1.807, 2.05) is 4.90 Å². The Kier molecular flexibility index (Phi) is 6.33. The SMILES string of the molecule is O=[N+]([O-])c1cc(S(=O)(=O)N2CCCCC2)ccc1N1CCCCC1CCO. The molecular weight excluding hydrogens is 370 g/mol. The number of nitro benzene ring substituents is 1. The van der Waals surface area contributed by atoms with E-state index in [1.54, 1.807) is 6.07 Å². The Labute approximate surface area is 160 Å². The fourth-order valence-corrected chi connectivity index (χ4v) is 5.61. The summed E-state index contributed by atoms with van der Waals surface area (Å²) in [6.07, 6.45) is 6.00. The lowest BCUT2D eigenvalue weighted by atomic mass is 9.98. The van der Waals surface area contributed by atoms with Gasteiger partial charge in [-0.05, 0) is 50.7 Å². The first kappa shape index (κ1) is 20.0. The van der Waals surface area contributed by atoms with Crippen LogP contribution >= 0.6 is 0 Å². The molecule has 1 aromatic carbocycles. The van der Waals surface area contributed by atoms with Crippen LogP contribution in [-0.2, 0) is 10.0 Å². The minimum absolute atomic E-state index is 0.0180. The predicted octanol–water partition coefficient (Wildman–Crippen LogP) is 2.51. The van der Waals surface area contributed by atoms with Gasteiger partial charge in [-0.3, -0.25) is 10.1 Å². The minimum atomic E-state index is -3.72. The topological polar surface area (TPSA) is 104 Å². The zero-order valence-corrected chi connectivity index (χ0v) is 16.2. The van der Waals surface area contributed by atoms with Gasteiger partial charge in [0, 0.05) is 38.3 Å². The van der Waals surface area contributed by atoms with Crippen molar-refractivity contribution >= 4 is 21.4 Å². The van der Waals surface area contributed by atoms with E-state index in [1.165, 1.54) is 16.4 Å². The molecule has 9 heteroatoms. The summed E-state index contributed by atoms with van der Waals surface area (Å²) in [4.78, 5) is 13.1. The Morgan fingerprint density at radius 2 is 1.81 bits per heavy atom. The van der Waals surface area contributed by atoms with E-state index in [0.29, 0.717) is 31.7 Å². The highest BCUT2D eigenvalue weighted by Crippen LogP contribution is 2.36.